The van der Waals surface area contributed by atoms with E-state index < -0.39 is 0 Å². The molecule has 0 saturated heterocycles. The van der Waals surface area contributed by atoms with Crippen molar-refractivity contribution in [3.8, 4) is 23.0 Å². The maximum atomic E-state index is 12.0. The Kier molecular flexibility index (Phi) is 4.87. The smallest absolute Gasteiger partial charge is 0.271 e. The van der Waals surface area contributed by atoms with Crippen LogP contribution < -0.4 is 5.32 Å². The fourth-order valence-corrected chi connectivity index (χ4v) is 2.87. The van der Waals surface area contributed by atoms with Gasteiger partial charge >= 0.3 is 0 Å². The molecule has 0 radical (unpaired) electrons. The van der Waals surface area contributed by atoms with E-state index in [0.717, 1.165) is 16.9 Å². The predicted molar refractivity (Wildman–Crippen MR) is 98.9 cm³/mol. The van der Waals surface area contributed by atoms with Gasteiger partial charge in [-0.15, -0.1) is 11.8 Å². The third kappa shape index (κ3) is 3.42. The van der Waals surface area contributed by atoms with Gasteiger partial charge in [-0.05, 0) is 48.7 Å². The molecular formula is C19H16N4OS. The second-order valence-corrected chi connectivity index (χ2v) is 6.17. The first-order valence-corrected chi connectivity index (χ1v) is 8.86. The Balaban J connectivity index is 2.12. The third-order valence-electron chi connectivity index (χ3n) is 3.80. The number of carbonyl (C=O) groups excluding carboxylic acids is 1. The van der Waals surface area contributed by atoms with Gasteiger partial charge in [0.05, 0.1) is 23.0 Å². The van der Waals surface area contributed by atoms with Gasteiger partial charge in [-0.25, -0.2) is 4.68 Å². The van der Waals surface area contributed by atoms with Crippen molar-refractivity contribution < 1.29 is 4.79 Å². The topological polar surface area (TPSA) is 70.7 Å². The summed E-state index contributed by atoms with van der Waals surface area (Å²) in [6.45, 7) is 0. The van der Waals surface area contributed by atoms with Crippen molar-refractivity contribution in [2.45, 2.75) is 4.90 Å². The number of nitriles is 1. The molecule has 1 amide bonds. The highest BCUT2D eigenvalue weighted by Gasteiger charge is 2.16. The monoisotopic (exact) mass is 348 g/mol. The molecule has 2 aromatic carbocycles. The van der Waals surface area contributed by atoms with Gasteiger partial charge in [-0.1, -0.05) is 12.1 Å². The first-order valence-electron chi connectivity index (χ1n) is 7.63. The lowest BCUT2D eigenvalue weighted by atomic mass is 10.1. The maximum absolute atomic E-state index is 12.0. The number of nitrogens with zero attached hydrogens (tertiary/aromatic N) is 3. The summed E-state index contributed by atoms with van der Waals surface area (Å²) >= 11 is 1.67. The van der Waals surface area contributed by atoms with Crippen LogP contribution in [0.4, 0.5) is 0 Å². The van der Waals surface area contributed by atoms with Crippen LogP contribution in [0.3, 0.4) is 0 Å². The highest BCUT2D eigenvalue weighted by Crippen LogP contribution is 2.26. The van der Waals surface area contributed by atoms with E-state index in [2.05, 4.69) is 16.5 Å². The summed E-state index contributed by atoms with van der Waals surface area (Å²) < 4.78 is 1.72. The molecule has 3 rings (SSSR count). The predicted octanol–water partition coefficient (Wildman–Crippen LogP) is 3.49. The molecule has 6 heteroatoms. The van der Waals surface area contributed by atoms with E-state index in [1.807, 2.05) is 42.7 Å². The van der Waals surface area contributed by atoms with Crippen LogP contribution in [-0.4, -0.2) is 29.0 Å². The van der Waals surface area contributed by atoms with Gasteiger partial charge in [0.2, 0.25) is 0 Å². The molecule has 0 unspecified atom stereocenters. The van der Waals surface area contributed by atoms with Crippen LogP contribution in [0.5, 0.6) is 0 Å². The van der Waals surface area contributed by atoms with E-state index >= 15 is 0 Å². The van der Waals surface area contributed by atoms with Gasteiger partial charge in [-0.3, -0.25) is 4.79 Å². The van der Waals surface area contributed by atoms with Crippen LogP contribution in [0.1, 0.15) is 16.1 Å². The Morgan fingerprint density at radius 1 is 1.16 bits per heavy atom. The molecule has 0 spiro atoms. The molecule has 0 saturated carbocycles. The van der Waals surface area contributed by atoms with E-state index in [9.17, 15) is 4.79 Å². The molecule has 124 valence electrons. The summed E-state index contributed by atoms with van der Waals surface area (Å²) in [6, 6.07) is 19.1. The Labute approximate surface area is 150 Å². The summed E-state index contributed by atoms with van der Waals surface area (Å²) in [5.74, 6) is -0.241. The van der Waals surface area contributed by atoms with E-state index in [-0.39, 0.29) is 5.91 Å². The van der Waals surface area contributed by atoms with E-state index in [4.69, 9.17) is 5.26 Å². The lowest BCUT2D eigenvalue weighted by molar-refractivity contribution is 0.0957. The highest BCUT2D eigenvalue weighted by atomic mass is 32.2. The number of hydrogen-bond donors (Lipinski definition) is 1. The molecule has 1 heterocycles. The zero-order chi connectivity index (χ0) is 17.8. The molecule has 0 aliphatic carbocycles. The maximum Gasteiger partial charge on any atom is 0.271 e. The van der Waals surface area contributed by atoms with E-state index in [1.54, 1.807) is 41.7 Å². The molecular weight excluding hydrogens is 332 g/mol. The Morgan fingerprint density at radius 3 is 2.40 bits per heavy atom. The van der Waals surface area contributed by atoms with Gasteiger partial charge in [0.15, 0.2) is 5.69 Å². The van der Waals surface area contributed by atoms with Crippen LogP contribution in [0.2, 0.25) is 0 Å². The zero-order valence-electron chi connectivity index (χ0n) is 13.9. The second-order valence-electron chi connectivity index (χ2n) is 5.29. The molecule has 0 atom stereocenters. The first kappa shape index (κ1) is 16.8. The van der Waals surface area contributed by atoms with E-state index in [0.29, 0.717) is 11.3 Å². The normalized spacial score (nSPS) is 10.3. The summed E-state index contributed by atoms with van der Waals surface area (Å²) in [5, 5.41) is 16.0. The summed E-state index contributed by atoms with van der Waals surface area (Å²) in [6.07, 6.45) is 2.03. The summed E-state index contributed by atoms with van der Waals surface area (Å²) in [4.78, 5) is 13.2. The van der Waals surface area contributed by atoms with Crippen molar-refractivity contribution in [1.29, 1.82) is 5.26 Å². The highest BCUT2D eigenvalue weighted by molar-refractivity contribution is 7.98. The van der Waals surface area contributed by atoms with Crippen LogP contribution in [0.25, 0.3) is 16.9 Å². The largest absolute Gasteiger partial charge is 0.354 e. The lowest BCUT2D eigenvalue weighted by Gasteiger charge is -2.08. The fourth-order valence-electron chi connectivity index (χ4n) is 2.46. The van der Waals surface area contributed by atoms with Gasteiger partial charge < -0.3 is 5.32 Å². The number of rotatable bonds is 4. The molecule has 1 aromatic heterocycles. The molecule has 0 fully saturated rings. The third-order valence-corrected chi connectivity index (χ3v) is 4.54. The summed E-state index contributed by atoms with van der Waals surface area (Å²) in [5.41, 5.74) is 3.49. The number of amides is 1. The van der Waals surface area contributed by atoms with Crippen molar-refractivity contribution in [2.75, 3.05) is 13.3 Å². The SMILES string of the molecule is CNC(=O)c1cc(-c2ccc(SC)cc2)n(-c2ccc(C#N)cc2)n1. The van der Waals surface area contributed by atoms with Crippen molar-refractivity contribution in [3.05, 3.63) is 65.9 Å². The number of thioether (sulfide) groups is 1. The molecule has 25 heavy (non-hydrogen) atoms. The number of benzene rings is 2. The molecule has 0 aliphatic heterocycles. The quantitative estimate of drug-likeness (QED) is 0.733. The van der Waals surface area contributed by atoms with Crippen molar-refractivity contribution in [3.63, 3.8) is 0 Å². The zero-order valence-corrected chi connectivity index (χ0v) is 14.7. The average molecular weight is 348 g/mol. The van der Waals surface area contributed by atoms with Crippen LogP contribution >= 0.6 is 11.8 Å². The van der Waals surface area contributed by atoms with Crippen molar-refractivity contribution in [1.82, 2.24) is 15.1 Å². The van der Waals surface area contributed by atoms with Crippen molar-refractivity contribution >= 4 is 17.7 Å². The van der Waals surface area contributed by atoms with E-state index in [1.165, 1.54) is 4.90 Å². The molecule has 1 N–H and O–H groups in total. The van der Waals surface area contributed by atoms with Crippen LogP contribution in [0.15, 0.2) is 59.5 Å². The van der Waals surface area contributed by atoms with Gasteiger partial charge in [0, 0.05) is 17.5 Å². The molecule has 0 aliphatic rings. The lowest BCUT2D eigenvalue weighted by Crippen LogP contribution is -2.18. The minimum Gasteiger partial charge on any atom is -0.354 e. The number of carbonyl (C=O) groups is 1. The first-order chi connectivity index (χ1) is 12.2. The fraction of sp³-hybridized carbons (Fsp3) is 0.105. The number of aromatic nitrogens is 2. The van der Waals surface area contributed by atoms with Gasteiger partial charge in [0.1, 0.15) is 0 Å². The van der Waals surface area contributed by atoms with Crippen LogP contribution in [-0.2, 0) is 0 Å². The molecule has 0 bridgehead atoms. The molecule has 5 nitrogen and oxygen atoms in total. The minimum absolute atomic E-state index is 0.241. The van der Waals surface area contributed by atoms with Gasteiger partial charge in [0.25, 0.3) is 5.91 Å². The van der Waals surface area contributed by atoms with Crippen LogP contribution in [0, 0.1) is 11.3 Å². The Morgan fingerprint density at radius 2 is 1.84 bits per heavy atom. The second kappa shape index (κ2) is 7.24. The van der Waals surface area contributed by atoms with Gasteiger partial charge in [-0.2, -0.15) is 10.4 Å². The minimum atomic E-state index is -0.241. The average Bonchev–Trinajstić information content (AvgIpc) is 3.13. The number of nitrogens with one attached hydrogen (secondary N) is 1. The summed E-state index contributed by atoms with van der Waals surface area (Å²) in [7, 11) is 1.58. The standard InChI is InChI=1S/C19H16N4OS/c1-21-19(24)17-11-18(14-5-9-16(25-2)10-6-14)23(22-17)15-7-3-13(12-20)4-8-15/h3-11H,1-2H3,(H,21,24). The van der Waals surface area contributed by atoms with Crippen molar-refractivity contribution in [2.24, 2.45) is 0 Å². The molecule has 3 aromatic rings. The number of hydrogen-bond acceptors (Lipinski definition) is 4. The Bertz CT molecular complexity index is 937. The Hall–Kier alpha value is -3.04.